The molecule has 0 aromatic heterocycles. The Bertz CT molecular complexity index is 1700. The summed E-state index contributed by atoms with van der Waals surface area (Å²) in [5.74, 6) is -0.896. The molecule has 0 bridgehead atoms. The number of unbranched alkanes of at least 4 members (excludes halogenated alkanes) is 32. The van der Waals surface area contributed by atoms with Gasteiger partial charge < -0.3 is 14.2 Å². The molecule has 0 aromatic carbocycles. The van der Waals surface area contributed by atoms with Gasteiger partial charge in [0.15, 0.2) is 6.10 Å². The van der Waals surface area contributed by atoms with Crippen molar-refractivity contribution in [3.63, 3.8) is 0 Å². The number of esters is 3. The van der Waals surface area contributed by atoms with Crippen LogP contribution in [0.2, 0.25) is 0 Å². The second-order valence-corrected chi connectivity index (χ2v) is 23.1. The minimum absolute atomic E-state index is 0.0871. The first-order chi connectivity index (χ1) is 41.0. The maximum atomic E-state index is 13.0. The zero-order valence-electron chi connectivity index (χ0n) is 54.4. The predicted molar refractivity (Wildman–Crippen MR) is 362 cm³/mol. The van der Waals surface area contributed by atoms with Crippen LogP contribution in [0.1, 0.15) is 329 Å². The lowest BCUT2D eigenvalue weighted by Gasteiger charge is -2.18. The molecule has 0 rings (SSSR count). The maximum Gasteiger partial charge on any atom is 0.306 e. The standard InChI is InChI=1S/C77H130O6/c1-4-7-10-13-16-19-22-25-28-31-34-35-36-37-38-39-40-41-44-46-49-52-55-58-61-64-67-70-76(79)82-73-74(83-77(80)71-68-65-62-59-56-53-50-47-43-33-30-27-24-21-18-15-12-9-6-3)72-81-75(78)69-66-63-60-57-54-51-48-45-42-32-29-26-23-20-17-14-11-8-5-2/h7,10,16-21,25-30,34-35,37-38,43,47,74H,4-6,8-9,11-15,22-24,31-33,36,39-42,44-46,48-73H2,1-3H3/b10-7-,19-16-,20-17-,21-18-,28-25-,29-26-,30-27-,35-34-,38-37-,47-43-. The summed E-state index contributed by atoms with van der Waals surface area (Å²) < 4.78 is 17.0. The van der Waals surface area contributed by atoms with E-state index in [1.54, 1.807) is 0 Å². The van der Waals surface area contributed by atoms with Crippen molar-refractivity contribution in [1.82, 2.24) is 0 Å². The first-order valence-electron chi connectivity index (χ1n) is 35.0. The van der Waals surface area contributed by atoms with Crippen LogP contribution in [0.5, 0.6) is 0 Å². The van der Waals surface area contributed by atoms with Gasteiger partial charge in [0.25, 0.3) is 0 Å². The van der Waals surface area contributed by atoms with E-state index in [9.17, 15) is 14.4 Å². The topological polar surface area (TPSA) is 78.9 Å². The second-order valence-electron chi connectivity index (χ2n) is 23.1. The molecule has 0 aromatic rings. The largest absolute Gasteiger partial charge is 0.462 e. The molecule has 0 aliphatic heterocycles. The van der Waals surface area contributed by atoms with Gasteiger partial charge in [0.1, 0.15) is 13.2 Å². The second kappa shape index (κ2) is 70.3. The molecule has 474 valence electrons. The van der Waals surface area contributed by atoms with Crippen LogP contribution < -0.4 is 0 Å². The van der Waals surface area contributed by atoms with Crippen molar-refractivity contribution in [1.29, 1.82) is 0 Å². The van der Waals surface area contributed by atoms with E-state index in [1.807, 2.05) is 0 Å². The average Bonchev–Trinajstić information content (AvgIpc) is 3.50. The molecular weight excluding hydrogens is 1020 g/mol. The molecule has 0 heterocycles. The lowest BCUT2D eigenvalue weighted by Crippen LogP contribution is -2.30. The van der Waals surface area contributed by atoms with Gasteiger partial charge in [-0.2, -0.15) is 0 Å². The average molecular weight is 1150 g/mol. The predicted octanol–water partition coefficient (Wildman–Crippen LogP) is 24.3. The highest BCUT2D eigenvalue weighted by Crippen LogP contribution is 2.16. The quantitative estimate of drug-likeness (QED) is 0.0261. The zero-order chi connectivity index (χ0) is 59.9. The third-order valence-electron chi connectivity index (χ3n) is 14.9. The zero-order valence-corrected chi connectivity index (χ0v) is 54.4. The Morgan fingerprint density at radius 2 is 0.470 bits per heavy atom. The van der Waals surface area contributed by atoms with Crippen molar-refractivity contribution >= 4 is 17.9 Å². The minimum Gasteiger partial charge on any atom is -0.462 e. The summed E-state index contributed by atoms with van der Waals surface area (Å²) >= 11 is 0. The van der Waals surface area contributed by atoms with E-state index in [4.69, 9.17) is 14.2 Å². The summed E-state index contributed by atoms with van der Waals surface area (Å²) in [6.45, 7) is 6.49. The fourth-order valence-corrected chi connectivity index (χ4v) is 9.68. The van der Waals surface area contributed by atoms with E-state index < -0.39 is 6.10 Å². The summed E-state index contributed by atoms with van der Waals surface area (Å²) in [4.78, 5) is 38.5. The highest BCUT2D eigenvalue weighted by Gasteiger charge is 2.19. The number of hydrogen-bond donors (Lipinski definition) is 0. The Balaban J connectivity index is 4.39. The first-order valence-corrected chi connectivity index (χ1v) is 35.0. The fraction of sp³-hybridized carbons (Fsp3) is 0.701. The van der Waals surface area contributed by atoms with Gasteiger partial charge >= 0.3 is 17.9 Å². The third kappa shape index (κ3) is 68.5. The summed E-state index contributed by atoms with van der Waals surface area (Å²) in [6.07, 6.45) is 97.8. The summed E-state index contributed by atoms with van der Waals surface area (Å²) in [5, 5.41) is 0. The first kappa shape index (κ1) is 78.8. The summed E-state index contributed by atoms with van der Waals surface area (Å²) in [6, 6.07) is 0. The van der Waals surface area contributed by atoms with Gasteiger partial charge in [-0.15, -0.1) is 0 Å². The van der Waals surface area contributed by atoms with Gasteiger partial charge in [-0.1, -0.05) is 296 Å². The van der Waals surface area contributed by atoms with Gasteiger partial charge in [-0.25, -0.2) is 0 Å². The van der Waals surface area contributed by atoms with Gasteiger partial charge in [0.05, 0.1) is 0 Å². The van der Waals surface area contributed by atoms with Gasteiger partial charge in [-0.3, -0.25) is 14.4 Å². The van der Waals surface area contributed by atoms with Crippen LogP contribution in [0.3, 0.4) is 0 Å². The van der Waals surface area contributed by atoms with Crippen molar-refractivity contribution in [2.24, 2.45) is 0 Å². The van der Waals surface area contributed by atoms with E-state index in [0.717, 1.165) is 122 Å². The van der Waals surface area contributed by atoms with E-state index >= 15 is 0 Å². The molecule has 0 N–H and O–H groups in total. The van der Waals surface area contributed by atoms with Gasteiger partial charge in [0.2, 0.25) is 0 Å². The highest BCUT2D eigenvalue weighted by atomic mass is 16.6. The molecule has 0 amide bonds. The van der Waals surface area contributed by atoms with Crippen molar-refractivity contribution < 1.29 is 28.6 Å². The van der Waals surface area contributed by atoms with Crippen molar-refractivity contribution in [3.05, 3.63) is 122 Å². The Hall–Kier alpha value is -4.19. The van der Waals surface area contributed by atoms with Crippen LogP contribution in [0.4, 0.5) is 0 Å². The molecule has 0 aliphatic carbocycles. The van der Waals surface area contributed by atoms with E-state index in [-0.39, 0.29) is 31.1 Å². The number of hydrogen-bond acceptors (Lipinski definition) is 6. The SMILES string of the molecule is CC/C=C\C/C=C\C/C=C\C/C=C\C/C=C\CCCCCCCCCCCCCC(=O)OCC(COC(=O)CCCCCCCCCCC/C=C\C/C=C\CCCCC)OC(=O)CCCCCCCC/C=C\C/C=C\C/C=C\CCCCC. The third-order valence-corrected chi connectivity index (χ3v) is 14.9. The molecule has 0 radical (unpaired) electrons. The molecule has 0 saturated carbocycles. The molecule has 0 saturated heterocycles. The lowest BCUT2D eigenvalue weighted by atomic mass is 10.0. The highest BCUT2D eigenvalue weighted by molar-refractivity contribution is 5.71. The Kier molecular flexibility index (Phi) is 66.7. The Morgan fingerprint density at radius 3 is 0.735 bits per heavy atom. The molecule has 0 spiro atoms. The van der Waals surface area contributed by atoms with Crippen LogP contribution in [0.15, 0.2) is 122 Å². The summed E-state index contributed by atoms with van der Waals surface area (Å²) in [7, 11) is 0. The normalized spacial score (nSPS) is 12.9. The Morgan fingerprint density at radius 1 is 0.253 bits per heavy atom. The smallest absolute Gasteiger partial charge is 0.306 e. The van der Waals surface area contributed by atoms with Crippen molar-refractivity contribution in [3.8, 4) is 0 Å². The van der Waals surface area contributed by atoms with Crippen LogP contribution in [-0.4, -0.2) is 37.2 Å². The molecule has 0 fully saturated rings. The number of ether oxygens (including phenoxy) is 3. The molecule has 1 atom stereocenters. The number of allylic oxidation sites excluding steroid dienone is 20. The minimum atomic E-state index is -0.793. The monoisotopic (exact) mass is 1150 g/mol. The molecule has 6 nitrogen and oxygen atoms in total. The number of rotatable bonds is 63. The lowest BCUT2D eigenvalue weighted by molar-refractivity contribution is -0.167. The molecule has 83 heavy (non-hydrogen) atoms. The van der Waals surface area contributed by atoms with E-state index in [1.165, 1.54) is 167 Å². The van der Waals surface area contributed by atoms with Crippen LogP contribution in [-0.2, 0) is 28.6 Å². The molecule has 0 aliphatic rings. The fourth-order valence-electron chi connectivity index (χ4n) is 9.68. The summed E-state index contributed by atoms with van der Waals surface area (Å²) in [5.41, 5.74) is 0. The van der Waals surface area contributed by atoms with Gasteiger partial charge in [0, 0.05) is 19.3 Å². The van der Waals surface area contributed by atoms with Crippen LogP contribution in [0.25, 0.3) is 0 Å². The number of carbonyl (C=O) groups excluding carboxylic acids is 3. The van der Waals surface area contributed by atoms with Crippen molar-refractivity contribution in [2.75, 3.05) is 13.2 Å². The molecular formula is C77H130O6. The van der Waals surface area contributed by atoms with Crippen molar-refractivity contribution in [2.45, 2.75) is 335 Å². The maximum absolute atomic E-state index is 13.0. The number of carbonyl (C=O) groups is 3. The van der Waals surface area contributed by atoms with E-state index in [0.29, 0.717) is 19.3 Å². The van der Waals surface area contributed by atoms with Crippen LogP contribution in [0, 0.1) is 0 Å². The van der Waals surface area contributed by atoms with Gasteiger partial charge in [-0.05, 0) is 135 Å². The van der Waals surface area contributed by atoms with E-state index in [2.05, 4.69) is 142 Å². The van der Waals surface area contributed by atoms with Crippen LogP contribution >= 0.6 is 0 Å². The molecule has 1 unspecified atom stereocenters. The Labute approximate surface area is 513 Å². The molecule has 6 heteroatoms.